The number of nitrogens with zero attached hydrogens (tertiary/aromatic N) is 3. The Morgan fingerprint density at radius 1 is 1.20 bits per heavy atom. The fourth-order valence-electron chi connectivity index (χ4n) is 1.50. The minimum atomic E-state index is 0.512. The zero-order chi connectivity index (χ0) is 11.0. The molecule has 0 aromatic carbocycles. The summed E-state index contributed by atoms with van der Waals surface area (Å²) in [5.41, 5.74) is 8.96. The molecule has 0 saturated heterocycles. The lowest BCUT2D eigenvalue weighted by molar-refractivity contribution is 0.807. The number of pyridine rings is 1. The summed E-state index contributed by atoms with van der Waals surface area (Å²) in [5.74, 6) is 1.28. The molecule has 78 valence electrons. The summed E-state index contributed by atoms with van der Waals surface area (Å²) in [6, 6.07) is 5.54. The van der Waals surface area contributed by atoms with Crippen molar-refractivity contribution in [2.45, 2.75) is 20.8 Å². The number of anilines is 1. The van der Waals surface area contributed by atoms with Crippen molar-refractivity contribution in [2.24, 2.45) is 0 Å². The van der Waals surface area contributed by atoms with Gasteiger partial charge in [0.15, 0.2) is 5.82 Å². The van der Waals surface area contributed by atoms with Gasteiger partial charge >= 0.3 is 0 Å². The molecule has 2 heterocycles. The van der Waals surface area contributed by atoms with E-state index in [9.17, 15) is 0 Å². The van der Waals surface area contributed by atoms with Crippen LogP contribution in [0.4, 0.5) is 5.82 Å². The quantitative estimate of drug-likeness (QED) is 0.766. The van der Waals surface area contributed by atoms with Crippen molar-refractivity contribution in [1.29, 1.82) is 0 Å². The van der Waals surface area contributed by atoms with Crippen LogP contribution in [-0.4, -0.2) is 14.8 Å². The van der Waals surface area contributed by atoms with E-state index in [1.54, 1.807) is 6.07 Å². The first-order chi connectivity index (χ1) is 7.09. The van der Waals surface area contributed by atoms with Gasteiger partial charge in [0, 0.05) is 5.69 Å². The topological polar surface area (TPSA) is 56.7 Å². The van der Waals surface area contributed by atoms with Crippen LogP contribution in [0.5, 0.6) is 0 Å². The molecule has 4 nitrogen and oxygen atoms in total. The van der Waals surface area contributed by atoms with Crippen molar-refractivity contribution in [2.75, 3.05) is 5.73 Å². The number of aryl methyl sites for hydroxylation is 1. The fourth-order valence-corrected chi connectivity index (χ4v) is 1.50. The summed E-state index contributed by atoms with van der Waals surface area (Å²) in [6.07, 6.45) is 0. The molecule has 0 amide bonds. The lowest BCUT2D eigenvalue weighted by Gasteiger charge is -2.03. The van der Waals surface area contributed by atoms with Crippen LogP contribution in [0.3, 0.4) is 0 Å². The van der Waals surface area contributed by atoms with Crippen molar-refractivity contribution in [3.8, 4) is 5.82 Å². The number of nitrogens with two attached hydrogens (primary N) is 1. The molecule has 15 heavy (non-hydrogen) atoms. The Kier molecular flexibility index (Phi) is 2.19. The molecule has 2 N–H and O–H groups in total. The molecular weight excluding hydrogens is 188 g/mol. The first kappa shape index (κ1) is 9.71. The summed E-state index contributed by atoms with van der Waals surface area (Å²) in [6.45, 7) is 6.08. The van der Waals surface area contributed by atoms with Gasteiger partial charge in [-0.25, -0.2) is 9.67 Å². The number of rotatable bonds is 1. The van der Waals surface area contributed by atoms with Gasteiger partial charge in [-0.1, -0.05) is 6.07 Å². The lowest BCUT2D eigenvalue weighted by Crippen LogP contribution is -2.03. The molecule has 0 unspecified atom stereocenters. The third-order valence-electron chi connectivity index (χ3n) is 2.63. The summed E-state index contributed by atoms with van der Waals surface area (Å²) in [4.78, 5) is 4.24. The predicted molar refractivity (Wildman–Crippen MR) is 60.0 cm³/mol. The molecule has 4 heteroatoms. The van der Waals surface area contributed by atoms with E-state index in [2.05, 4.69) is 17.0 Å². The molecule has 0 spiro atoms. The highest BCUT2D eigenvalue weighted by atomic mass is 15.3. The van der Waals surface area contributed by atoms with E-state index in [4.69, 9.17) is 5.73 Å². The highest BCUT2D eigenvalue weighted by Gasteiger charge is 2.09. The van der Waals surface area contributed by atoms with Gasteiger partial charge in [0.2, 0.25) is 0 Å². The molecule has 0 aliphatic heterocycles. The van der Waals surface area contributed by atoms with Crippen LogP contribution >= 0.6 is 0 Å². The second-order valence-electron chi connectivity index (χ2n) is 3.63. The summed E-state index contributed by atoms with van der Waals surface area (Å²) < 4.78 is 1.82. The van der Waals surface area contributed by atoms with Gasteiger partial charge in [0.25, 0.3) is 0 Å². The molecule has 0 radical (unpaired) electrons. The van der Waals surface area contributed by atoms with Gasteiger partial charge in [0.05, 0.1) is 5.69 Å². The average molecular weight is 202 g/mol. The second-order valence-corrected chi connectivity index (χ2v) is 3.63. The first-order valence-electron chi connectivity index (χ1n) is 4.85. The monoisotopic (exact) mass is 202 g/mol. The van der Waals surface area contributed by atoms with Crippen molar-refractivity contribution >= 4 is 5.82 Å². The van der Waals surface area contributed by atoms with Crippen LogP contribution in [0.1, 0.15) is 17.0 Å². The molecular formula is C11H14N4. The number of aromatic nitrogens is 3. The number of nitrogen functional groups attached to an aromatic ring is 1. The molecule has 0 aliphatic rings. The van der Waals surface area contributed by atoms with Crippen molar-refractivity contribution in [1.82, 2.24) is 14.8 Å². The molecule has 0 atom stereocenters. The Morgan fingerprint density at radius 3 is 2.47 bits per heavy atom. The van der Waals surface area contributed by atoms with E-state index in [0.29, 0.717) is 5.82 Å². The van der Waals surface area contributed by atoms with E-state index in [1.165, 1.54) is 5.56 Å². The molecule has 0 fully saturated rings. The van der Waals surface area contributed by atoms with E-state index in [1.807, 2.05) is 30.7 Å². The third kappa shape index (κ3) is 1.58. The minimum absolute atomic E-state index is 0.512. The molecule has 2 aromatic heterocycles. The standard InChI is InChI=1S/C11H14N4/c1-7-8(2)14-15(9(7)3)11-6-4-5-10(12)13-11/h4-6H,1-3H3,(H2,12,13). The van der Waals surface area contributed by atoms with Crippen LogP contribution in [0.25, 0.3) is 5.82 Å². The van der Waals surface area contributed by atoms with Crippen LogP contribution < -0.4 is 5.73 Å². The molecule has 2 rings (SSSR count). The van der Waals surface area contributed by atoms with Crippen molar-refractivity contribution in [3.63, 3.8) is 0 Å². The van der Waals surface area contributed by atoms with E-state index < -0.39 is 0 Å². The van der Waals surface area contributed by atoms with Gasteiger partial charge in [0.1, 0.15) is 5.82 Å². The Bertz CT molecular complexity index is 499. The zero-order valence-corrected chi connectivity index (χ0v) is 9.15. The van der Waals surface area contributed by atoms with Crippen LogP contribution in [-0.2, 0) is 0 Å². The highest BCUT2D eigenvalue weighted by Crippen LogP contribution is 2.15. The Labute approximate surface area is 88.8 Å². The minimum Gasteiger partial charge on any atom is -0.384 e. The van der Waals surface area contributed by atoms with Crippen LogP contribution in [0.2, 0.25) is 0 Å². The SMILES string of the molecule is Cc1nn(-c2cccc(N)n2)c(C)c1C. The predicted octanol–water partition coefficient (Wildman–Crippen LogP) is 1.77. The van der Waals surface area contributed by atoms with Gasteiger partial charge < -0.3 is 5.73 Å². The summed E-state index contributed by atoms with van der Waals surface area (Å²) in [5, 5.41) is 4.42. The Morgan fingerprint density at radius 2 is 1.93 bits per heavy atom. The summed E-state index contributed by atoms with van der Waals surface area (Å²) in [7, 11) is 0. The molecule has 0 aliphatic carbocycles. The second kappa shape index (κ2) is 3.38. The van der Waals surface area contributed by atoms with Gasteiger partial charge in [-0.05, 0) is 38.5 Å². The maximum atomic E-state index is 5.64. The largest absolute Gasteiger partial charge is 0.384 e. The van der Waals surface area contributed by atoms with Crippen molar-refractivity contribution in [3.05, 3.63) is 35.2 Å². The molecule has 2 aromatic rings. The summed E-state index contributed by atoms with van der Waals surface area (Å²) >= 11 is 0. The van der Waals surface area contributed by atoms with E-state index >= 15 is 0 Å². The van der Waals surface area contributed by atoms with Crippen LogP contribution in [0, 0.1) is 20.8 Å². The Hall–Kier alpha value is -1.84. The maximum Gasteiger partial charge on any atom is 0.156 e. The highest BCUT2D eigenvalue weighted by molar-refractivity contribution is 5.37. The maximum absolute atomic E-state index is 5.64. The van der Waals surface area contributed by atoms with Gasteiger partial charge in [-0.15, -0.1) is 0 Å². The van der Waals surface area contributed by atoms with Crippen LogP contribution in [0.15, 0.2) is 18.2 Å². The smallest absolute Gasteiger partial charge is 0.156 e. The lowest BCUT2D eigenvalue weighted by atomic mass is 10.2. The van der Waals surface area contributed by atoms with Gasteiger partial charge in [-0.2, -0.15) is 5.10 Å². The van der Waals surface area contributed by atoms with Gasteiger partial charge in [-0.3, -0.25) is 0 Å². The molecule has 0 bridgehead atoms. The van der Waals surface area contributed by atoms with Crippen molar-refractivity contribution < 1.29 is 0 Å². The number of hydrogen-bond acceptors (Lipinski definition) is 3. The first-order valence-corrected chi connectivity index (χ1v) is 4.85. The zero-order valence-electron chi connectivity index (χ0n) is 9.15. The Balaban J connectivity index is 2.59. The fraction of sp³-hybridized carbons (Fsp3) is 0.273. The molecule has 0 saturated carbocycles. The third-order valence-corrected chi connectivity index (χ3v) is 2.63. The van der Waals surface area contributed by atoms with E-state index in [0.717, 1.165) is 17.2 Å². The van der Waals surface area contributed by atoms with E-state index in [-0.39, 0.29) is 0 Å². The normalized spacial score (nSPS) is 10.6. The average Bonchev–Trinajstić information content (AvgIpc) is 2.46. The number of hydrogen-bond donors (Lipinski definition) is 1.